The maximum absolute atomic E-state index is 11.8. The fraction of sp³-hybridized carbons (Fsp3) is 0.333. The predicted octanol–water partition coefficient (Wildman–Crippen LogP) is 2.08. The van der Waals surface area contributed by atoms with Crippen LogP contribution in [0, 0.1) is 0 Å². The van der Waals surface area contributed by atoms with Gasteiger partial charge in [-0.2, -0.15) is 8.78 Å². The minimum atomic E-state index is -3.29. The molecular formula is C9H10F2O3S. The van der Waals surface area contributed by atoms with E-state index in [0.717, 1.165) is 0 Å². The molecule has 0 N–H and O–H groups in total. The highest BCUT2D eigenvalue weighted by Crippen LogP contribution is 2.18. The molecule has 0 heterocycles. The second-order valence-corrected chi connectivity index (χ2v) is 5.03. The number of ether oxygens (including phenoxy) is 1. The Hall–Kier alpha value is -1.17. The van der Waals surface area contributed by atoms with Gasteiger partial charge >= 0.3 is 6.61 Å². The standard InChI is InChI=1S/C9H10F2O3S/c1-2-15(12,13)8-5-3-7(4-6-8)14-9(10)11/h3-6,9H,2H2,1H3. The average Bonchev–Trinajstić information content (AvgIpc) is 2.18. The topological polar surface area (TPSA) is 43.4 Å². The smallest absolute Gasteiger partial charge is 0.387 e. The van der Waals surface area contributed by atoms with E-state index in [2.05, 4.69) is 4.74 Å². The summed E-state index contributed by atoms with van der Waals surface area (Å²) >= 11 is 0. The maximum Gasteiger partial charge on any atom is 0.387 e. The van der Waals surface area contributed by atoms with Crippen LogP contribution in [0.4, 0.5) is 8.78 Å². The van der Waals surface area contributed by atoms with Crippen LogP contribution in [0.5, 0.6) is 5.75 Å². The van der Waals surface area contributed by atoms with Crippen molar-refractivity contribution in [1.29, 1.82) is 0 Å². The molecule has 0 aliphatic carbocycles. The molecule has 0 bridgehead atoms. The normalized spacial score (nSPS) is 11.7. The maximum atomic E-state index is 11.8. The van der Waals surface area contributed by atoms with Crippen LogP contribution in [0.15, 0.2) is 29.2 Å². The van der Waals surface area contributed by atoms with Gasteiger partial charge in [-0.15, -0.1) is 0 Å². The lowest BCUT2D eigenvalue weighted by molar-refractivity contribution is -0.0498. The summed E-state index contributed by atoms with van der Waals surface area (Å²) in [5.74, 6) is -0.0812. The lowest BCUT2D eigenvalue weighted by Crippen LogP contribution is -2.05. The lowest BCUT2D eigenvalue weighted by atomic mass is 10.3. The van der Waals surface area contributed by atoms with E-state index < -0.39 is 16.4 Å². The molecule has 3 nitrogen and oxygen atoms in total. The van der Waals surface area contributed by atoms with Crippen LogP contribution in [0.3, 0.4) is 0 Å². The first-order chi connectivity index (χ1) is 6.95. The van der Waals surface area contributed by atoms with E-state index in [-0.39, 0.29) is 16.4 Å². The zero-order valence-electron chi connectivity index (χ0n) is 7.98. The Morgan fingerprint density at radius 2 is 1.80 bits per heavy atom. The molecule has 84 valence electrons. The molecule has 1 rings (SSSR count). The lowest BCUT2D eigenvalue weighted by Gasteiger charge is -2.05. The number of hydrogen-bond donors (Lipinski definition) is 0. The Labute approximate surface area is 86.6 Å². The van der Waals surface area contributed by atoms with Gasteiger partial charge in [-0.3, -0.25) is 0 Å². The van der Waals surface area contributed by atoms with Crippen LogP contribution in [-0.2, 0) is 9.84 Å². The van der Waals surface area contributed by atoms with Crippen LogP contribution in [0.25, 0.3) is 0 Å². The molecule has 0 amide bonds. The summed E-state index contributed by atoms with van der Waals surface area (Å²) in [5.41, 5.74) is 0. The third kappa shape index (κ3) is 3.16. The van der Waals surface area contributed by atoms with E-state index in [1.807, 2.05) is 0 Å². The summed E-state index contributed by atoms with van der Waals surface area (Å²) in [4.78, 5) is 0.103. The molecule has 0 atom stereocenters. The first-order valence-electron chi connectivity index (χ1n) is 4.23. The molecule has 0 saturated carbocycles. The van der Waals surface area contributed by atoms with Crippen molar-refractivity contribution in [2.24, 2.45) is 0 Å². The highest BCUT2D eigenvalue weighted by molar-refractivity contribution is 7.91. The molecule has 0 radical (unpaired) electrons. The summed E-state index contributed by atoms with van der Waals surface area (Å²) in [6, 6.07) is 4.90. The number of benzene rings is 1. The first-order valence-corrected chi connectivity index (χ1v) is 5.88. The minimum Gasteiger partial charge on any atom is -0.435 e. The van der Waals surface area contributed by atoms with Gasteiger partial charge in [0.05, 0.1) is 10.6 Å². The van der Waals surface area contributed by atoms with E-state index in [1.165, 1.54) is 31.2 Å². The van der Waals surface area contributed by atoms with Crippen LogP contribution >= 0.6 is 0 Å². The van der Waals surface area contributed by atoms with Crippen LogP contribution in [0.1, 0.15) is 6.92 Å². The zero-order valence-corrected chi connectivity index (χ0v) is 8.80. The second kappa shape index (κ2) is 4.57. The Morgan fingerprint density at radius 1 is 1.27 bits per heavy atom. The quantitative estimate of drug-likeness (QED) is 0.803. The van der Waals surface area contributed by atoms with E-state index in [1.54, 1.807) is 0 Å². The van der Waals surface area contributed by atoms with E-state index in [4.69, 9.17) is 0 Å². The fourth-order valence-electron chi connectivity index (χ4n) is 0.995. The average molecular weight is 236 g/mol. The molecule has 0 aromatic heterocycles. The molecule has 0 spiro atoms. The SMILES string of the molecule is CCS(=O)(=O)c1ccc(OC(F)F)cc1. The van der Waals surface area contributed by atoms with Crippen molar-refractivity contribution in [1.82, 2.24) is 0 Å². The Kier molecular flexibility index (Phi) is 3.62. The summed E-state index contributed by atoms with van der Waals surface area (Å²) in [5, 5.41) is 0. The second-order valence-electron chi connectivity index (χ2n) is 2.75. The van der Waals surface area contributed by atoms with Crippen molar-refractivity contribution >= 4 is 9.84 Å². The third-order valence-corrected chi connectivity index (χ3v) is 3.54. The van der Waals surface area contributed by atoms with Gasteiger partial charge in [-0.25, -0.2) is 8.42 Å². The van der Waals surface area contributed by atoms with E-state index in [9.17, 15) is 17.2 Å². The van der Waals surface area contributed by atoms with Crippen LogP contribution in [-0.4, -0.2) is 20.8 Å². The number of alkyl halides is 2. The molecule has 0 saturated heterocycles. The highest BCUT2D eigenvalue weighted by atomic mass is 32.2. The van der Waals surface area contributed by atoms with Crippen molar-refractivity contribution in [2.45, 2.75) is 18.4 Å². The van der Waals surface area contributed by atoms with Gasteiger partial charge in [0, 0.05) is 0 Å². The van der Waals surface area contributed by atoms with Crippen LogP contribution < -0.4 is 4.74 Å². The molecule has 1 aromatic rings. The number of rotatable bonds is 4. The molecule has 0 fully saturated rings. The van der Waals surface area contributed by atoms with Crippen molar-refractivity contribution < 1.29 is 21.9 Å². The number of hydrogen-bond acceptors (Lipinski definition) is 3. The number of sulfone groups is 1. The van der Waals surface area contributed by atoms with E-state index in [0.29, 0.717) is 0 Å². The summed E-state index contributed by atoms with van der Waals surface area (Å²) < 4.78 is 50.3. The fourth-order valence-corrected chi connectivity index (χ4v) is 1.88. The molecule has 0 aliphatic heterocycles. The molecule has 1 aromatic carbocycles. The molecule has 0 aliphatic rings. The van der Waals surface area contributed by atoms with E-state index >= 15 is 0 Å². The van der Waals surface area contributed by atoms with Gasteiger partial charge in [0.15, 0.2) is 9.84 Å². The van der Waals surface area contributed by atoms with Crippen molar-refractivity contribution in [3.63, 3.8) is 0 Å². The zero-order chi connectivity index (χ0) is 11.5. The third-order valence-electron chi connectivity index (χ3n) is 1.79. The summed E-state index contributed by atoms with van der Waals surface area (Å²) in [7, 11) is -3.29. The summed E-state index contributed by atoms with van der Waals surface area (Å²) in [6.07, 6.45) is 0. The van der Waals surface area contributed by atoms with Crippen molar-refractivity contribution in [2.75, 3.05) is 5.75 Å². The monoisotopic (exact) mass is 236 g/mol. The van der Waals surface area contributed by atoms with Gasteiger partial charge in [0.25, 0.3) is 0 Å². The van der Waals surface area contributed by atoms with Gasteiger partial charge < -0.3 is 4.74 Å². The Bertz CT molecular complexity index is 411. The van der Waals surface area contributed by atoms with Gasteiger partial charge in [-0.05, 0) is 24.3 Å². The van der Waals surface area contributed by atoms with Crippen molar-refractivity contribution in [3.05, 3.63) is 24.3 Å². The largest absolute Gasteiger partial charge is 0.435 e. The van der Waals surface area contributed by atoms with Crippen molar-refractivity contribution in [3.8, 4) is 5.75 Å². The van der Waals surface area contributed by atoms with Gasteiger partial charge in [0.2, 0.25) is 0 Å². The molecule has 6 heteroatoms. The summed E-state index contributed by atoms with van der Waals surface area (Å²) in [6.45, 7) is -1.39. The molecule has 15 heavy (non-hydrogen) atoms. The Morgan fingerprint density at radius 3 is 2.20 bits per heavy atom. The minimum absolute atomic E-state index is 0.0257. The van der Waals surface area contributed by atoms with Gasteiger partial charge in [0.1, 0.15) is 5.75 Å². The van der Waals surface area contributed by atoms with Crippen LogP contribution in [0.2, 0.25) is 0 Å². The molecule has 0 unspecified atom stereocenters. The molecular weight excluding hydrogens is 226 g/mol. The highest BCUT2D eigenvalue weighted by Gasteiger charge is 2.11. The predicted molar refractivity (Wildman–Crippen MR) is 50.8 cm³/mol. The number of halogens is 2. The Balaban J connectivity index is 2.91. The van der Waals surface area contributed by atoms with Gasteiger partial charge in [-0.1, -0.05) is 6.92 Å². The first kappa shape index (κ1) is 11.9.